The van der Waals surface area contributed by atoms with Crippen LogP contribution in [0.4, 0.5) is 0 Å². The van der Waals surface area contributed by atoms with Crippen LogP contribution < -0.4 is 4.74 Å². The molecule has 50 heavy (non-hydrogen) atoms. The maximum absolute atomic E-state index is 13.7. The van der Waals surface area contributed by atoms with Gasteiger partial charge in [-0.1, -0.05) is 31.2 Å². The summed E-state index contributed by atoms with van der Waals surface area (Å²) in [5.74, 6) is -8.80. The fraction of sp³-hybridized carbons (Fsp3) is 0.167. The van der Waals surface area contributed by atoms with Crippen LogP contribution in [0.15, 0.2) is 72.8 Å². The van der Waals surface area contributed by atoms with Gasteiger partial charge in [0.2, 0.25) is 6.10 Å². The SMILES string of the molecule is CC(c1ccc(O)c(O)c1)[C@@H](OC(=O)/C=C/c1ccc(O)c2c1[C@H](C(=O)O[CH]Cc1ccc(O)c(O)c1)[C@@H](c1ccc(O)c(O)c1)O2)C(=O)O. The molecule has 1 aliphatic rings. The second kappa shape index (κ2) is 14.3. The van der Waals surface area contributed by atoms with E-state index < -0.39 is 64.9 Å². The molecule has 0 spiro atoms. The second-order valence-corrected chi connectivity index (χ2v) is 11.4. The number of carboxylic acid groups (broad SMARTS) is 1. The summed E-state index contributed by atoms with van der Waals surface area (Å²) in [7, 11) is 0. The Balaban J connectivity index is 1.43. The van der Waals surface area contributed by atoms with Crippen LogP contribution in [0, 0.1) is 6.61 Å². The molecule has 5 rings (SSSR count). The first kappa shape index (κ1) is 34.8. The van der Waals surface area contributed by atoms with Crippen LogP contribution in [0.25, 0.3) is 6.08 Å². The third-order valence-corrected chi connectivity index (χ3v) is 8.07. The molecule has 14 nitrogen and oxygen atoms in total. The highest BCUT2D eigenvalue weighted by Crippen LogP contribution is 2.53. The molecule has 14 heteroatoms. The van der Waals surface area contributed by atoms with Crippen molar-refractivity contribution >= 4 is 24.0 Å². The normalized spacial score (nSPS) is 16.3. The molecule has 0 aromatic heterocycles. The summed E-state index contributed by atoms with van der Waals surface area (Å²) >= 11 is 0. The molecule has 0 amide bonds. The van der Waals surface area contributed by atoms with Gasteiger partial charge in [0.05, 0.1) is 0 Å². The summed E-state index contributed by atoms with van der Waals surface area (Å²) in [6.45, 7) is 2.60. The Hall–Kier alpha value is -6.57. The van der Waals surface area contributed by atoms with E-state index in [1.165, 1.54) is 73.7 Å². The number of hydrogen-bond donors (Lipinski definition) is 8. The van der Waals surface area contributed by atoms with E-state index in [1.54, 1.807) is 0 Å². The van der Waals surface area contributed by atoms with E-state index in [0.29, 0.717) is 5.56 Å². The van der Waals surface area contributed by atoms with Crippen LogP contribution in [0.1, 0.15) is 52.7 Å². The molecule has 0 bridgehead atoms. The fourth-order valence-electron chi connectivity index (χ4n) is 5.44. The highest BCUT2D eigenvalue weighted by Gasteiger charge is 2.45. The van der Waals surface area contributed by atoms with Crippen LogP contribution in [0.3, 0.4) is 0 Å². The van der Waals surface area contributed by atoms with E-state index in [1.807, 2.05) is 0 Å². The fourth-order valence-corrected chi connectivity index (χ4v) is 5.44. The number of benzene rings is 4. The molecule has 0 saturated carbocycles. The summed E-state index contributed by atoms with van der Waals surface area (Å²) < 4.78 is 16.7. The van der Waals surface area contributed by atoms with Crippen molar-refractivity contribution in [1.29, 1.82) is 0 Å². The van der Waals surface area contributed by atoms with Crippen LogP contribution >= 0.6 is 0 Å². The maximum Gasteiger partial charge on any atom is 0.345 e. The quantitative estimate of drug-likeness (QED) is 0.0611. The van der Waals surface area contributed by atoms with Crippen LogP contribution in [-0.2, 0) is 30.3 Å². The van der Waals surface area contributed by atoms with E-state index in [-0.39, 0.29) is 51.7 Å². The van der Waals surface area contributed by atoms with Crippen molar-refractivity contribution in [2.45, 2.75) is 37.4 Å². The van der Waals surface area contributed by atoms with Gasteiger partial charge in [0.15, 0.2) is 46.0 Å². The average molecular weight is 688 g/mol. The Bertz CT molecular complexity index is 1980. The molecule has 4 aromatic rings. The van der Waals surface area contributed by atoms with Crippen molar-refractivity contribution < 1.29 is 69.4 Å². The van der Waals surface area contributed by atoms with Gasteiger partial charge in [0.25, 0.3) is 0 Å². The van der Waals surface area contributed by atoms with Crippen molar-refractivity contribution in [3.63, 3.8) is 0 Å². The first-order valence-electron chi connectivity index (χ1n) is 15.0. The lowest BCUT2D eigenvalue weighted by Crippen LogP contribution is -2.31. The topological polar surface area (TPSA) is 241 Å². The van der Waals surface area contributed by atoms with Gasteiger partial charge < -0.3 is 55.1 Å². The molecule has 1 heterocycles. The predicted octanol–water partition coefficient (Wildman–Crippen LogP) is 4.60. The number of ether oxygens (including phenoxy) is 3. The van der Waals surface area contributed by atoms with Crippen molar-refractivity contribution in [1.82, 2.24) is 0 Å². The van der Waals surface area contributed by atoms with Gasteiger partial charge in [-0.15, -0.1) is 0 Å². The van der Waals surface area contributed by atoms with Gasteiger partial charge in [-0.25, -0.2) is 9.59 Å². The minimum atomic E-state index is -1.70. The number of rotatable bonds is 11. The molecule has 0 aliphatic carbocycles. The first-order chi connectivity index (χ1) is 23.7. The lowest BCUT2D eigenvalue weighted by Gasteiger charge is -2.20. The van der Waals surface area contributed by atoms with Crippen LogP contribution in [-0.4, -0.2) is 64.9 Å². The lowest BCUT2D eigenvalue weighted by molar-refractivity contribution is -0.162. The molecule has 1 radical (unpaired) electrons. The number of carbonyl (C=O) groups is 3. The zero-order valence-electron chi connectivity index (χ0n) is 26.1. The molecule has 8 N–H and O–H groups in total. The first-order valence-corrected chi connectivity index (χ1v) is 15.0. The number of carbonyl (C=O) groups excluding carboxylic acids is 2. The monoisotopic (exact) mass is 687 g/mol. The van der Waals surface area contributed by atoms with Crippen molar-refractivity contribution in [3.8, 4) is 46.0 Å². The number of phenolic OH excluding ortho intramolecular Hbond substituents is 7. The van der Waals surface area contributed by atoms with Crippen LogP contribution in [0.5, 0.6) is 46.0 Å². The zero-order chi connectivity index (χ0) is 36.3. The van der Waals surface area contributed by atoms with E-state index in [0.717, 1.165) is 18.7 Å². The molecule has 1 aliphatic heterocycles. The molecule has 0 fully saturated rings. The summed E-state index contributed by atoms with van der Waals surface area (Å²) in [4.78, 5) is 38.7. The molecule has 259 valence electrons. The van der Waals surface area contributed by atoms with Crippen molar-refractivity contribution in [3.05, 3.63) is 107 Å². The average Bonchev–Trinajstić information content (AvgIpc) is 3.49. The number of fused-ring (bicyclic) bond motifs is 1. The smallest absolute Gasteiger partial charge is 0.345 e. The van der Waals surface area contributed by atoms with Gasteiger partial charge in [-0.05, 0) is 70.8 Å². The van der Waals surface area contributed by atoms with Crippen molar-refractivity contribution in [2.24, 2.45) is 0 Å². The Morgan fingerprint density at radius 1 is 0.780 bits per heavy atom. The number of aliphatic carboxylic acids is 1. The third kappa shape index (κ3) is 7.28. The van der Waals surface area contributed by atoms with E-state index in [2.05, 4.69) is 0 Å². The molecule has 1 unspecified atom stereocenters. The number of carboxylic acids is 1. The van der Waals surface area contributed by atoms with Gasteiger partial charge in [0.1, 0.15) is 18.6 Å². The zero-order valence-corrected chi connectivity index (χ0v) is 26.1. The van der Waals surface area contributed by atoms with Gasteiger partial charge >= 0.3 is 17.9 Å². The second-order valence-electron chi connectivity index (χ2n) is 11.4. The van der Waals surface area contributed by atoms with E-state index >= 15 is 0 Å². The maximum atomic E-state index is 13.7. The predicted molar refractivity (Wildman–Crippen MR) is 173 cm³/mol. The number of aromatic hydroxyl groups is 7. The van der Waals surface area contributed by atoms with Crippen molar-refractivity contribution in [2.75, 3.05) is 0 Å². The largest absolute Gasteiger partial charge is 0.504 e. The van der Waals surface area contributed by atoms with Gasteiger partial charge in [-0.2, -0.15) is 0 Å². The summed E-state index contributed by atoms with van der Waals surface area (Å²) in [5, 5.41) is 79.3. The number of hydrogen-bond acceptors (Lipinski definition) is 13. The summed E-state index contributed by atoms with van der Waals surface area (Å²) in [6, 6.07) is 14.1. The van der Waals surface area contributed by atoms with Gasteiger partial charge in [0, 0.05) is 24.0 Å². The van der Waals surface area contributed by atoms with E-state index in [4.69, 9.17) is 14.2 Å². The third-order valence-electron chi connectivity index (χ3n) is 8.07. The molecule has 0 saturated heterocycles. The molecular formula is C36H31O14. The lowest BCUT2D eigenvalue weighted by atomic mass is 9.87. The Morgan fingerprint density at radius 3 is 2.04 bits per heavy atom. The van der Waals surface area contributed by atoms with Gasteiger partial charge in [-0.3, -0.25) is 4.79 Å². The van der Waals surface area contributed by atoms with E-state index in [9.17, 15) is 55.2 Å². The minimum absolute atomic E-state index is 0.0241. The highest BCUT2D eigenvalue weighted by atomic mass is 16.6. The Labute approximate surface area is 283 Å². The number of esters is 2. The Kier molecular flexibility index (Phi) is 9.92. The highest BCUT2D eigenvalue weighted by molar-refractivity contribution is 5.91. The molecule has 4 aromatic carbocycles. The Morgan fingerprint density at radius 2 is 1.40 bits per heavy atom. The molecular weight excluding hydrogens is 656 g/mol. The standard InChI is InChI=1S/C36H31O14/c1-17(20-4-8-23(38)27(42)15-20)32(35(45)46)49-29(44)11-6-19-3-10-25(40)34-30(19)31(33(50-34)21-5-9-24(39)28(43)16-21)36(47)48-13-12-18-2-7-22(37)26(41)14-18/h2-11,13-17,31-33,37-43H,12H2,1H3,(H,45,46)/b11-6+/t17?,31-,32+,33+/m0/s1. The number of phenols is 7. The minimum Gasteiger partial charge on any atom is -0.504 e. The molecule has 4 atom stereocenters. The summed E-state index contributed by atoms with van der Waals surface area (Å²) in [6.07, 6.45) is -0.752. The van der Waals surface area contributed by atoms with Crippen LogP contribution in [0.2, 0.25) is 0 Å². The summed E-state index contributed by atoms with van der Waals surface area (Å²) in [5.41, 5.74) is 1.23.